The maximum absolute atomic E-state index is 11.3. The van der Waals surface area contributed by atoms with E-state index in [4.69, 9.17) is 0 Å². The van der Waals surface area contributed by atoms with Crippen LogP contribution in [0.1, 0.15) is 6.42 Å². The Morgan fingerprint density at radius 2 is 1.93 bits per heavy atom. The van der Waals surface area contributed by atoms with Gasteiger partial charge in [-0.15, -0.1) is 0 Å². The monoisotopic (exact) mass is 225 g/mol. The number of anilines is 1. The van der Waals surface area contributed by atoms with Crippen molar-refractivity contribution in [2.24, 2.45) is 0 Å². The van der Waals surface area contributed by atoms with Crippen LogP contribution in [0.25, 0.3) is 0 Å². The van der Waals surface area contributed by atoms with Crippen LogP contribution in [0, 0.1) is 0 Å². The lowest BCUT2D eigenvalue weighted by Gasteiger charge is -2.06. The molecule has 0 aliphatic carbocycles. The molecule has 0 spiro atoms. The molecule has 1 unspecified atom stereocenters. The van der Waals surface area contributed by atoms with E-state index in [1.807, 2.05) is 30.3 Å². The summed E-state index contributed by atoms with van der Waals surface area (Å²) in [6, 6.07) is 9.22. The van der Waals surface area contributed by atoms with Crippen molar-refractivity contribution in [2.75, 3.05) is 18.4 Å². The van der Waals surface area contributed by atoms with Gasteiger partial charge in [0.2, 0.25) is 0 Å². The molecule has 1 atom stereocenters. The van der Waals surface area contributed by atoms with Gasteiger partial charge < -0.3 is 15.7 Å². The summed E-state index contributed by atoms with van der Waals surface area (Å²) in [5, 5.41) is 8.45. The van der Waals surface area contributed by atoms with Crippen molar-refractivity contribution in [1.82, 2.24) is 10.4 Å². The van der Waals surface area contributed by atoms with Crippen molar-refractivity contribution in [3.63, 3.8) is 0 Å². The number of amides is 2. The average Bonchev–Trinajstić information content (AvgIpc) is 2.26. The van der Waals surface area contributed by atoms with Crippen LogP contribution >= 0.6 is 9.39 Å². The molecule has 0 fully saturated rings. The van der Waals surface area contributed by atoms with Crippen LogP contribution in [0.4, 0.5) is 10.5 Å². The molecule has 3 N–H and O–H groups in total. The number of urea groups is 1. The van der Waals surface area contributed by atoms with Crippen LogP contribution in [-0.4, -0.2) is 19.1 Å². The van der Waals surface area contributed by atoms with E-state index in [0.29, 0.717) is 6.54 Å². The molecule has 2 amide bonds. The third-order valence-corrected chi connectivity index (χ3v) is 2.10. The van der Waals surface area contributed by atoms with Crippen LogP contribution < -0.4 is 15.7 Å². The van der Waals surface area contributed by atoms with Gasteiger partial charge in [0.1, 0.15) is 0 Å². The summed E-state index contributed by atoms with van der Waals surface area (Å²) in [6.07, 6.45) is 0.908. The maximum atomic E-state index is 11.3. The Balaban J connectivity index is 2.19. The van der Waals surface area contributed by atoms with Crippen molar-refractivity contribution in [2.45, 2.75) is 6.42 Å². The summed E-state index contributed by atoms with van der Waals surface area (Å²) in [6.45, 7) is 1.54. The first kappa shape index (κ1) is 12.0. The number of para-hydroxylation sites is 1. The van der Waals surface area contributed by atoms with Crippen LogP contribution in [0.15, 0.2) is 30.3 Å². The predicted molar refractivity (Wildman–Crippen MR) is 65.8 cm³/mol. The van der Waals surface area contributed by atoms with Gasteiger partial charge in [0, 0.05) is 18.8 Å². The first-order chi connectivity index (χ1) is 7.33. The minimum absolute atomic E-state index is 0.162. The third-order valence-electron chi connectivity index (χ3n) is 1.82. The molecule has 1 rings (SSSR count). The molecule has 82 valence electrons. The zero-order valence-corrected chi connectivity index (χ0v) is 9.65. The quantitative estimate of drug-likeness (QED) is 0.526. The Morgan fingerprint density at radius 1 is 1.20 bits per heavy atom. The molecule has 0 aromatic heterocycles. The number of rotatable bonds is 5. The number of carbonyl (C=O) groups excluding carboxylic acids is 1. The molecular formula is C10H16N3OP. The van der Waals surface area contributed by atoms with E-state index in [1.54, 1.807) is 0 Å². The summed E-state index contributed by atoms with van der Waals surface area (Å²) >= 11 is 0. The van der Waals surface area contributed by atoms with Gasteiger partial charge in [-0.2, -0.15) is 0 Å². The zero-order valence-electron chi connectivity index (χ0n) is 8.49. The summed E-state index contributed by atoms with van der Waals surface area (Å²) in [7, 11) is 2.43. The number of carbonyl (C=O) groups is 1. The minimum atomic E-state index is -0.162. The van der Waals surface area contributed by atoms with Crippen molar-refractivity contribution in [1.29, 1.82) is 0 Å². The van der Waals surface area contributed by atoms with Crippen LogP contribution in [0.5, 0.6) is 0 Å². The molecule has 15 heavy (non-hydrogen) atoms. The van der Waals surface area contributed by atoms with E-state index in [0.717, 1.165) is 18.7 Å². The minimum Gasteiger partial charge on any atom is -0.338 e. The van der Waals surface area contributed by atoms with Crippen molar-refractivity contribution >= 4 is 21.1 Å². The van der Waals surface area contributed by atoms with Crippen LogP contribution in [0.3, 0.4) is 0 Å². The van der Waals surface area contributed by atoms with E-state index in [9.17, 15) is 4.79 Å². The zero-order chi connectivity index (χ0) is 10.9. The summed E-state index contributed by atoms with van der Waals surface area (Å²) < 4.78 is 0. The third kappa shape index (κ3) is 5.35. The van der Waals surface area contributed by atoms with E-state index in [1.165, 1.54) is 0 Å². The van der Waals surface area contributed by atoms with Crippen molar-refractivity contribution in [3.8, 4) is 0 Å². The number of benzene rings is 1. The standard InChI is InChI=1S/C10H16N3OP/c14-10(11-7-4-8-12-15)13-9-5-2-1-3-6-9/h1-3,5-6,12H,4,7-8,15H2,(H2,11,13,14). The Hall–Kier alpha value is -1.12. The van der Waals surface area contributed by atoms with E-state index < -0.39 is 0 Å². The largest absolute Gasteiger partial charge is 0.338 e. The average molecular weight is 225 g/mol. The molecular weight excluding hydrogens is 209 g/mol. The molecule has 0 aliphatic rings. The molecule has 0 aliphatic heterocycles. The highest BCUT2D eigenvalue weighted by Gasteiger charge is 1.98. The van der Waals surface area contributed by atoms with Gasteiger partial charge in [0.25, 0.3) is 0 Å². The van der Waals surface area contributed by atoms with E-state index >= 15 is 0 Å². The Morgan fingerprint density at radius 3 is 2.60 bits per heavy atom. The topological polar surface area (TPSA) is 53.2 Å². The van der Waals surface area contributed by atoms with Crippen LogP contribution in [0.2, 0.25) is 0 Å². The molecule has 0 radical (unpaired) electrons. The Bertz CT molecular complexity index is 292. The molecule has 1 aromatic rings. The molecule has 0 bridgehead atoms. The second-order valence-electron chi connectivity index (χ2n) is 3.05. The summed E-state index contributed by atoms with van der Waals surface area (Å²) in [4.78, 5) is 11.3. The Kier molecular flexibility index (Phi) is 5.74. The fourth-order valence-corrected chi connectivity index (χ4v) is 1.29. The van der Waals surface area contributed by atoms with Gasteiger partial charge in [-0.25, -0.2) is 4.79 Å². The number of nitrogens with one attached hydrogen (secondary N) is 3. The van der Waals surface area contributed by atoms with Gasteiger partial charge in [-0.1, -0.05) is 27.6 Å². The first-order valence-electron chi connectivity index (χ1n) is 4.86. The van der Waals surface area contributed by atoms with Gasteiger partial charge in [-0.05, 0) is 18.6 Å². The predicted octanol–water partition coefficient (Wildman–Crippen LogP) is 1.58. The lowest BCUT2D eigenvalue weighted by molar-refractivity contribution is 0.252. The van der Waals surface area contributed by atoms with Gasteiger partial charge in [0.15, 0.2) is 0 Å². The SMILES string of the molecule is O=C(NCCCNP)Nc1ccccc1. The fourth-order valence-electron chi connectivity index (χ4n) is 1.09. The lowest BCUT2D eigenvalue weighted by atomic mass is 10.3. The second-order valence-corrected chi connectivity index (χ2v) is 3.46. The van der Waals surface area contributed by atoms with Crippen molar-refractivity contribution < 1.29 is 4.79 Å². The van der Waals surface area contributed by atoms with E-state index in [-0.39, 0.29) is 6.03 Å². The van der Waals surface area contributed by atoms with Crippen LogP contribution in [-0.2, 0) is 0 Å². The molecule has 0 saturated heterocycles. The number of hydrogen-bond donors (Lipinski definition) is 3. The van der Waals surface area contributed by atoms with Crippen molar-refractivity contribution in [3.05, 3.63) is 30.3 Å². The molecule has 1 aromatic carbocycles. The van der Waals surface area contributed by atoms with E-state index in [2.05, 4.69) is 25.1 Å². The highest BCUT2D eigenvalue weighted by molar-refractivity contribution is 7.13. The smallest absolute Gasteiger partial charge is 0.319 e. The first-order valence-corrected chi connectivity index (χ1v) is 5.44. The lowest BCUT2D eigenvalue weighted by Crippen LogP contribution is -2.30. The van der Waals surface area contributed by atoms with Gasteiger partial charge in [-0.3, -0.25) is 0 Å². The second kappa shape index (κ2) is 7.21. The van der Waals surface area contributed by atoms with Gasteiger partial charge >= 0.3 is 6.03 Å². The Labute approximate surface area is 92.1 Å². The summed E-state index contributed by atoms with van der Waals surface area (Å²) in [5.41, 5.74) is 0.805. The molecule has 0 heterocycles. The fraction of sp³-hybridized carbons (Fsp3) is 0.300. The highest BCUT2D eigenvalue weighted by atomic mass is 31.0. The molecule has 5 heteroatoms. The maximum Gasteiger partial charge on any atom is 0.319 e. The van der Waals surface area contributed by atoms with Gasteiger partial charge in [0.05, 0.1) is 0 Å². The molecule has 4 nitrogen and oxygen atoms in total. The normalized spacial score (nSPS) is 9.67. The molecule has 0 saturated carbocycles. The summed E-state index contributed by atoms with van der Waals surface area (Å²) in [5.74, 6) is 0. The number of hydrogen-bond acceptors (Lipinski definition) is 2. The highest BCUT2D eigenvalue weighted by Crippen LogP contribution is 2.03.